The summed E-state index contributed by atoms with van der Waals surface area (Å²) in [5.74, 6) is 0.688. The van der Waals surface area contributed by atoms with Crippen LogP contribution in [0.25, 0.3) is 0 Å². The second-order valence-electron chi connectivity index (χ2n) is 4.25. The minimum Gasteiger partial charge on any atom is -0.348 e. The van der Waals surface area contributed by atoms with E-state index in [4.69, 9.17) is 12.2 Å². The molecule has 0 aromatic heterocycles. The van der Waals surface area contributed by atoms with E-state index in [0.717, 1.165) is 15.9 Å². The van der Waals surface area contributed by atoms with Gasteiger partial charge in [0.05, 0.1) is 24.8 Å². The number of rotatable bonds is 4. The van der Waals surface area contributed by atoms with E-state index < -0.39 is 0 Å². The van der Waals surface area contributed by atoms with Crippen LogP contribution >= 0.6 is 24.0 Å². The number of carbonyl (C=O) groups excluding carboxylic acids is 1. The van der Waals surface area contributed by atoms with Gasteiger partial charge in [-0.1, -0.05) is 42.2 Å². The van der Waals surface area contributed by atoms with Crippen LogP contribution < -0.4 is 10.9 Å². The van der Waals surface area contributed by atoms with Gasteiger partial charge in [-0.2, -0.15) is 0 Å². The maximum Gasteiger partial charge on any atom is 0.252 e. The van der Waals surface area contributed by atoms with Gasteiger partial charge < -0.3 is 4.90 Å². The van der Waals surface area contributed by atoms with Crippen LogP contribution in [0.15, 0.2) is 30.3 Å². The van der Waals surface area contributed by atoms with Gasteiger partial charge in [0.25, 0.3) is 5.91 Å². The second kappa shape index (κ2) is 6.74. The second-order valence-corrected chi connectivity index (χ2v) is 5.83. The Hall–Kier alpha value is -1.31. The Morgan fingerprint density at radius 3 is 2.84 bits per heavy atom. The Morgan fingerprint density at radius 2 is 2.16 bits per heavy atom. The lowest BCUT2D eigenvalue weighted by Gasteiger charge is -2.33. The summed E-state index contributed by atoms with van der Waals surface area (Å²) in [4.78, 5) is 15.8. The number of hydrogen-bond acceptors (Lipinski definition) is 5. The largest absolute Gasteiger partial charge is 0.348 e. The van der Waals surface area contributed by atoms with Gasteiger partial charge in [-0.15, -0.1) is 0 Å². The molecule has 1 aliphatic heterocycles. The molecule has 1 aromatic rings. The molecule has 2 rings (SSSR count). The van der Waals surface area contributed by atoms with Gasteiger partial charge in [0.15, 0.2) is 0 Å². The molecule has 0 unspecified atom stereocenters. The number of benzene rings is 1. The number of hydrogen-bond donors (Lipinski definition) is 2. The molecule has 0 bridgehead atoms. The average Bonchev–Trinajstić information content (AvgIpc) is 2.42. The third-order valence-electron chi connectivity index (χ3n) is 2.58. The van der Waals surface area contributed by atoms with Gasteiger partial charge in [0, 0.05) is 7.05 Å². The fourth-order valence-corrected chi connectivity index (χ4v) is 2.62. The number of thioether (sulfide) groups is 1. The van der Waals surface area contributed by atoms with Crippen molar-refractivity contribution in [2.45, 2.75) is 0 Å². The van der Waals surface area contributed by atoms with E-state index in [1.165, 1.54) is 0 Å². The Labute approximate surface area is 122 Å². The summed E-state index contributed by atoms with van der Waals surface area (Å²) in [6, 6.07) is 9.53. The molecule has 2 N–H and O–H groups in total. The van der Waals surface area contributed by atoms with Crippen molar-refractivity contribution in [2.24, 2.45) is 0 Å². The van der Waals surface area contributed by atoms with Crippen LogP contribution in [-0.4, -0.2) is 46.2 Å². The highest BCUT2D eigenvalue weighted by molar-refractivity contribution is 8.22. The van der Waals surface area contributed by atoms with E-state index in [1.54, 1.807) is 11.8 Å². The van der Waals surface area contributed by atoms with Crippen LogP contribution in [-0.2, 0) is 4.79 Å². The van der Waals surface area contributed by atoms with Crippen LogP contribution in [0.5, 0.6) is 0 Å². The normalized spacial score (nSPS) is 16.3. The molecule has 1 aromatic carbocycles. The highest BCUT2D eigenvalue weighted by atomic mass is 32.2. The first-order chi connectivity index (χ1) is 9.15. The highest BCUT2D eigenvalue weighted by Crippen LogP contribution is 2.16. The van der Waals surface area contributed by atoms with E-state index >= 15 is 0 Å². The maximum atomic E-state index is 11.8. The van der Waals surface area contributed by atoms with E-state index in [0.29, 0.717) is 13.2 Å². The number of nitrogens with one attached hydrogen (secondary N) is 2. The summed E-state index contributed by atoms with van der Waals surface area (Å²) < 4.78 is 0.874. The Kier molecular flexibility index (Phi) is 5.00. The van der Waals surface area contributed by atoms with Crippen molar-refractivity contribution in [1.82, 2.24) is 15.2 Å². The Bertz CT molecular complexity index is 454. The van der Waals surface area contributed by atoms with E-state index in [-0.39, 0.29) is 5.91 Å². The van der Waals surface area contributed by atoms with Crippen LogP contribution in [0.2, 0.25) is 0 Å². The molecule has 1 heterocycles. The molecule has 1 saturated heterocycles. The molecule has 102 valence electrons. The van der Waals surface area contributed by atoms with Crippen LogP contribution in [0.3, 0.4) is 0 Å². The Morgan fingerprint density at radius 1 is 1.42 bits per heavy atom. The lowest BCUT2D eigenvalue weighted by molar-refractivity contribution is -0.121. The first-order valence-electron chi connectivity index (χ1n) is 5.85. The van der Waals surface area contributed by atoms with E-state index in [1.807, 2.05) is 47.2 Å². The van der Waals surface area contributed by atoms with E-state index in [9.17, 15) is 4.79 Å². The number of anilines is 1. The predicted octanol–water partition coefficient (Wildman–Crippen LogP) is 1.31. The van der Waals surface area contributed by atoms with Gasteiger partial charge in [0.2, 0.25) is 0 Å². The molecule has 7 heteroatoms. The maximum absolute atomic E-state index is 11.8. The smallest absolute Gasteiger partial charge is 0.252 e. The van der Waals surface area contributed by atoms with Crippen LogP contribution in [0.1, 0.15) is 0 Å². The zero-order valence-corrected chi connectivity index (χ0v) is 12.3. The van der Waals surface area contributed by atoms with Crippen molar-refractivity contribution in [3.63, 3.8) is 0 Å². The SMILES string of the molecule is CN1CN(CC(=O)NNc2ccccc2)CSC1=S. The molecule has 0 saturated carbocycles. The highest BCUT2D eigenvalue weighted by Gasteiger charge is 2.20. The molecule has 0 spiro atoms. The average molecular weight is 296 g/mol. The lowest BCUT2D eigenvalue weighted by Crippen LogP contribution is -2.47. The molecule has 1 amide bonds. The molecule has 5 nitrogen and oxygen atoms in total. The third-order valence-corrected chi connectivity index (χ3v) is 4.30. The first-order valence-corrected chi connectivity index (χ1v) is 7.24. The number of thiocarbonyl (C=S) groups is 1. The molecule has 19 heavy (non-hydrogen) atoms. The topological polar surface area (TPSA) is 47.6 Å². The zero-order chi connectivity index (χ0) is 13.7. The number of amides is 1. The monoisotopic (exact) mass is 296 g/mol. The molecule has 0 atom stereocenters. The van der Waals surface area contributed by atoms with Crippen molar-refractivity contribution < 1.29 is 4.79 Å². The molecule has 0 aliphatic carbocycles. The Balaban J connectivity index is 1.74. The minimum atomic E-state index is -0.0642. The molecule has 1 aliphatic rings. The summed E-state index contributed by atoms with van der Waals surface area (Å²) in [6.07, 6.45) is 0. The fraction of sp³-hybridized carbons (Fsp3) is 0.333. The summed E-state index contributed by atoms with van der Waals surface area (Å²) >= 11 is 6.73. The molecule has 0 radical (unpaired) electrons. The van der Waals surface area contributed by atoms with Gasteiger partial charge in [-0.25, -0.2) is 0 Å². The summed E-state index contributed by atoms with van der Waals surface area (Å²) in [5.41, 5.74) is 6.43. The van der Waals surface area contributed by atoms with Crippen molar-refractivity contribution in [1.29, 1.82) is 0 Å². The number of carbonyl (C=O) groups is 1. The van der Waals surface area contributed by atoms with Gasteiger partial charge in [-0.3, -0.25) is 20.5 Å². The fourth-order valence-electron chi connectivity index (χ4n) is 1.66. The summed E-state index contributed by atoms with van der Waals surface area (Å²) in [5, 5.41) is 0. The van der Waals surface area contributed by atoms with Crippen molar-refractivity contribution in [2.75, 3.05) is 31.6 Å². The lowest BCUT2D eigenvalue weighted by atomic mass is 10.3. The number of nitrogens with zero attached hydrogens (tertiary/aromatic N) is 2. The summed E-state index contributed by atoms with van der Waals surface area (Å²) in [6.45, 7) is 1.03. The van der Waals surface area contributed by atoms with Crippen LogP contribution in [0.4, 0.5) is 5.69 Å². The third kappa shape index (κ3) is 4.38. The molecular weight excluding hydrogens is 280 g/mol. The first kappa shape index (κ1) is 14.1. The minimum absolute atomic E-state index is 0.0642. The van der Waals surface area contributed by atoms with Gasteiger partial charge in [-0.05, 0) is 12.1 Å². The van der Waals surface area contributed by atoms with Crippen molar-refractivity contribution in [3.8, 4) is 0 Å². The quantitative estimate of drug-likeness (QED) is 0.645. The van der Waals surface area contributed by atoms with Gasteiger partial charge >= 0.3 is 0 Å². The molecule has 1 fully saturated rings. The molecular formula is C12H16N4OS2. The van der Waals surface area contributed by atoms with Crippen molar-refractivity contribution >= 4 is 39.9 Å². The standard InChI is InChI=1S/C12H16N4OS2/c1-15-8-16(9-19-12(15)18)7-11(17)14-13-10-5-3-2-4-6-10/h2-6,13H,7-9H2,1H3,(H,14,17). The van der Waals surface area contributed by atoms with E-state index in [2.05, 4.69) is 10.9 Å². The van der Waals surface area contributed by atoms with Gasteiger partial charge in [0.1, 0.15) is 4.32 Å². The number of para-hydroxylation sites is 1. The number of hydrazine groups is 1. The zero-order valence-electron chi connectivity index (χ0n) is 10.6. The predicted molar refractivity (Wildman–Crippen MR) is 82.6 cm³/mol. The van der Waals surface area contributed by atoms with Crippen molar-refractivity contribution in [3.05, 3.63) is 30.3 Å². The summed E-state index contributed by atoms with van der Waals surface area (Å²) in [7, 11) is 1.93. The van der Waals surface area contributed by atoms with Crippen LogP contribution in [0, 0.1) is 0 Å².